The topological polar surface area (TPSA) is 76.1 Å². The molecule has 1 heterocycles. The van der Waals surface area contributed by atoms with Crippen LogP contribution in [0, 0.1) is 5.41 Å². The van der Waals surface area contributed by atoms with Gasteiger partial charge >= 0.3 is 5.97 Å². The Hall–Kier alpha value is -2.08. The average Bonchev–Trinajstić information content (AvgIpc) is 2.96. The van der Waals surface area contributed by atoms with Crippen molar-refractivity contribution in [1.82, 2.24) is 4.90 Å². The van der Waals surface area contributed by atoms with Crippen molar-refractivity contribution in [2.45, 2.75) is 19.8 Å². The third kappa shape index (κ3) is 4.01. The molecule has 0 aliphatic carbocycles. The summed E-state index contributed by atoms with van der Waals surface area (Å²) in [5.74, 6) is -0.195. The molecular formula is C17H23NO5. The first kappa shape index (κ1) is 17.3. The monoisotopic (exact) mass is 321 g/mol. The standard InChI is InChI=1S/C17H23NO5/c1-3-23-14-6-4-13(5-7-14)10-15(19)18-9-8-17(11-18,12-22-2)16(20)21/h4-7H,3,8-12H2,1-2H3,(H,20,21). The Bertz CT molecular complexity index is 557. The third-order valence-electron chi connectivity index (χ3n) is 4.17. The van der Waals surface area contributed by atoms with E-state index in [2.05, 4.69) is 0 Å². The molecule has 1 amide bonds. The van der Waals surface area contributed by atoms with Gasteiger partial charge in [-0.25, -0.2) is 0 Å². The molecule has 1 aliphatic rings. The number of carbonyl (C=O) groups is 2. The molecule has 126 valence electrons. The molecule has 0 radical (unpaired) electrons. The van der Waals surface area contributed by atoms with Gasteiger partial charge in [-0.2, -0.15) is 0 Å². The van der Waals surface area contributed by atoms with Crippen molar-refractivity contribution in [2.75, 3.05) is 33.4 Å². The number of hydrogen-bond donors (Lipinski definition) is 1. The van der Waals surface area contributed by atoms with Crippen LogP contribution in [0.15, 0.2) is 24.3 Å². The maximum Gasteiger partial charge on any atom is 0.313 e. The van der Waals surface area contributed by atoms with E-state index >= 15 is 0 Å². The number of methoxy groups -OCH3 is 1. The summed E-state index contributed by atoms with van der Waals surface area (Å²) in [7, 11) is 1.48. The smallest absolute Gasteiger partial charge is 0.313 e. The summed E-state index contributed by atoms with van der Waals surface area (Å²) in [4.78, 5) is 25.5. The van der Waals surface area contributed by atoms with Crippen LogP contribution in [0.25, 0.3) is 0 Å². The van der Waals surface area contributed by atoms with Gasteiger partial charge in [0.25, 0.3) is 0 Å². The number of nitrogens with zero attached hydrogens (tertiary/aromatic N) is 1. The molecular weight excluding hydrogens is 298 g/mol. The van der Waals surface area contributed by atoms with Crippen LogP contribution in [0.3, 0.4) is 0 Å². The lowest BCUT2D eigenvalue weighted by atomic mass is 9.88. The van der Waals surface area contributed by atoms with Gasteiger partial charge in [-0.1, -0.05) is 12.1 Å². The molecule has 6 nitrogen and oxygen atoms in total. The van der Waals surface area contributed by atoms with Crippen LogP contribution < -0.4 is 4.74 Å². The number of amides is 1. The van der Waals surface area contributed by atoms with Crippen molar-refractivity contribution >= 4 is 11.9 Å². The van der Waals surface area contributed by atoms with Crippen LogP contribution in [0.1, 0.15) is 18.9 Å². The number of benzene rings is 1. The number of ether oxygens (including phenoxy) is 2. The Balaban J connectivity index is 1.97. The SMILES string of the molecule is CCOc1ccc(CC(=O)N2CCC(COC)(C(=O)O)C2)cc1. The van der Waals surface area contributed by atoms with Gasteiger partial charge in [0.15, 0.2) is 0 Å². The van der Waals surface area contributed by atoms with E-state index in [1.807, 2.05) is 31.2 Å². The normalized spacial score (nSPS) is 20.5. The van der Waals surface area contributed by atoms with Gasteiger partial charge in [0.1, 0.15) is 11.2 Å². The van der Waals surface area contributed by atoms with E-state index in [1.54, 1.807) is 4.90 Å². The van der Waals surface area contributed by atoms with Gasteiger partial charge in [0.05, 0.1) is 19.6 Å². The van der Waals surface area contributed by atoms with E-state index in [0.717, 1.165) is 11.3 Å². The molecule has 1 fully saturated rings. The van der Waals surface area contributed by atoms with E-state index in [-0.39, 0.29) is 25.5 Å². The van der Waals surface area contributed by atoms with Crippen LogP contribution >= 0.6 is 0 Å². The van der Waals surface area contributed by atoms with Crippen molar-refractivity contribution in [3.05, 3.63) is 29.8 Å². The minimum absolute atomic E-state index is 0.0617. The molecule has 1 aliphatic heterocycles. The summed E-state index contributed by atoms with van der Waals surface area (Å²) >= 11 is 0. The fourth-order valence-electron chi connectivity index (χ4n) is 2.87. The number of likely N-dealkylation sites (tertiary alicyclic amines) is 1. The van der Waals surface area contributed by atoms with Crippen LogP contribution in [0.5, 0.6) is 5.75 Å². The van der Waals surface area contributed by atoms with Crippen molar-refractivity contribution in [2.24, 2.45) is 5.41 Å². The highest BCUT2D eigenvalue weighted by atomic mass is 16.5. The number of rotatable bonds is 7. The predicted octanol–water partition coefficient (Wildman–Crippen LogP) is 1.58. The lowest BCUT2D eigenvalue weighted by Crippen LogP contribution is -2.40. The number of carbonyl (C=O) groups excluding carboxylic acids is 1. The van der Waals surface area contributed by atoms with Gasteiger partial charge in [-0.3, -0.25) is 9.59 Å². The van der Waals surface area contributed by atoms with E-state index in [1.165, 1.54) is 7.11 Å². The molecule has 1 N–H and O–H groups in total. The first-order chi connectivity index (χ1) is 11.0. The number of aliphatic carboxylic acids is 1. The van der Waals surface area contributed by atoms with Crippen LogP contribution in [0.4, 0.5) is 0 Å². The summed E-state index contributed by atoms with van der Waals surface area (Å²) in [6.07, 6.45) is 0.681. The molecule has 0 saturated carbocycles. The second kappa shape index (κ2) is 7.46. The lowest BCUT2D eigenvalue weighted by molar-refractivity contribution is -0.151. The Morgan fingerprint density at radius 2 is 2.00 bits per heavy atom. The average molecular weight is 321 g/mol. The zero-order chi connectivity index (χ0) is 16.9. The van der Waals surface area contributed by atoms with Crippen molar-refractivity contribution in [3.63, 3.8) is 0 Å². The highest BCUT2D eigenvalue weighted by Crippen LogP contribution is 2.31. The molecule has 1 aromatic rings. The zero-order valence-electron chi connectivity index (χ0n) is 13.6. The Kier molecular flexibility index (Phi) is 5.60. The largest absolute Gasteiger partial charge is 0.494 e. The second-order valence-electron chi connectivity index (χ2n) is 5.84. The Morgan fingerprint density at radius 3 is 2.57 bits per heavy atom. The molecule has 1 unspecified atom stereocenters. The van der Waals surface area contributed by atoms with Crippen molar-refractivity contribution in [1.29, 1.82) is 0 Å². The predicted molar refractivity (Wildman–Crippen MR) is 84.5 cm³/mol. The first-order valence-corrected chi connectivity index (χ1v) is 7.72. The molecule has 1 aromatic carbocycles. The van der Waals surface area contributed by atoms with Gasteiger partial charge in [0.2, 0.25) is 5.91 Å². The Morgan fingerprint density at radius 1 is 1.30 bits per heavy atom. The second-order valence-corrected chi connectivity index (χ2v) is 5.84. The van der Waals surface area contributed by atoms with Crippen LogP contribution in [-0.4, -0.2) is 55.3 Å². The fourth-order valence-corrected chi connectivity index (χ4v) is 2.87. The van der Waals surface area contributed by atoms with Gasteiger partial charge in [-0.15, -0.1) is 0 Å². The summed E-state index contributed by atoms with van der Waals surface area (Å²) < 4.78 is 10.4. The lowest BCUT2D eigenvalue weighted by Gasteiger charge is -2.23. The molecule has 0 spiro atoms. The number of hydrogen-bond acceptors (Lipinski definition) is 4. The number of carboxylic acid groups (broad SMARTS) is 1. The fraction of sp³-hybridized carbons (Fsp3) is 0.529. The van der Waals surface area contributed by atoms with E-state index in [9.17, 15) is 14.7 Å². The van der Waals surface area contributed by atoms with Crippen molar-refractivity contribution in [3.8, 4) is 5.75 Å². The number of carboxylic acids is 1. The van der Waals surface area contributed by atoms with Crippen molar-refractivity contribution < 1.29 is 24.2 Å². The van der Waals surface area contributed by atoms with Crippen LogP contribution in [0.2, 0.25) is 0 Å². The minimum atomic E-state index is -0.983. The zero-order valence-corrected chi connectivity index (χ0v) is 13.6. The summed E-state index contributed by atoms with van der Waals surface area (Å²) in [6, 6.07) is 7.39. The summed E-state index contributed by atoms with van der Waals surface area (Å²) in [5.41, 5.74) is -0.0958. The molecule has 23 heavy (non-hydrogen) atoms. The van der Waals surface area contributed by atoms with E-state index < -0.39 is 11.4 Å². The van der Waals surface area contributed by atoms with Gasteiger partial charge in [0, 0.05) is 20.2 Å². The molecule has 6 heteroatoms. The quantitative estimate of drug-likeness (QED) is 0.825. The minimum Gasteiger partial charge on any atom is -0.494 e. The van der Waals surface area contributed by atoms with E-state index in [4.69, 9.17) is 9.47 Å². The van der Waals surface area contributed by atoms with Gasteiger partial charge < -0.3 is 19.5 Å². The Labute approximate surface area is 136 Å². The van der Waals surface area contributed by atoms with E-state index in [0.29, 0.717) is 19.6 Å². The first-order valence-electron chi connectivity index (χ1n) is 7.72. The third-order valence-corrected chi connectivity index (χ3v) is 4.17. The molecule has 1 atom stereocenters. The molecule has 2 rings (SSSR count). The van der Waals surface area contributed by atoms with Crippen LogP contribution in [-0.2, 0) is 20.7 Å². The maximum atomic E-state index is 12.4. The summed E-state index contributed by atoms with van der Waals surface area (Å²) in [6.45, 7) is 3.29. The molecule has 0 aromatic heterocycles. The maximum absolute atomic E-state index is 12.4. The molecule has 0 bridgehead atoms. The van der Waals surface area contributed by atoms with Gasteiger partial charge in [-0.05, 0) is 31.0 Å². The highest BCUT2D eigenvalue weighted by molar-refractivity contribution is 5.82. The highest BCUT2D eigenvalue weighted by Gasteiger charge is 2.46. The molecule has 1 saturated heterocycles. The summed E-state index contributed by atoms with van der Waals surface area (Å²) in [5, 5.41) is 9.43.